The molecular formula is C13H17N5O2S2. The summed E-state index contributed by atoms with van der Waals surface area (Å²) in [5.74, 6) is 1.04. The number of aromatic nitrogens is 2. The highest BCUT2D eigenvalue weighted by molar-refractivity contribution is 7.92. The number of pyridine rings is 1. The van der Waals surface area contributed by atoms with Gasteiger partial charge in [-0.3, -0.25) is 4.72 Å². The Balaban J connectivity index is 1.78. The summed E-state index contributed by atoms with van der Waals surface area (Å²) in [6.45, 7) is 3.73. The Kier molecular flexibility index (Phi) is 4.27. The smallest absolute Gasteiger partial charge is 0.264 e. The topological polar surface area (TPSA) is 96.0 Å². The third-order valence-corrected chi connectivity index (χ3v) is 5.34. The minimum atomic E-state index is -3.66. The van der Waals surface area contributed by atoms with Crippen molar-refractivity contribution in [3.63, 3.8) is 0 Å². The second-order valence-corrected chi connectivity index (χ2v) is 7.55. The molecule has 3 rings (SSSR count). The largest absolute Gasteiger partial charge is 0.366 e. The van der Waals surface area contributed by atoms with Crippen molar-refractivity contribution < 1.29 is 8.42 Å². The van der Waals surface area contributed by atoms with Gasteiger partial charge >= 0.3 is 0 Å². The van der Waals surface area contributed by atoms with E-state index in [-0.39, 0.29) is 4.90 Å². The number of rotatable bonds is 5. The minimum absolute atomic E-state index is 0.132. The third kappa shape index (κ3) is 3.37. The maximum absolute atomic E-state index is 12.3. The summed E-state index contributed by atoms with van der Waals surface area (Å²) in [5.41, 5.74) is 2.37. The monoisotopic (exact) mass is 339 g/mol. The molecule has 1 unspecified atom stereocenters. The zero-order valence-corrected chi connectivity index (χ0v) is 13.7. The van der Waals surface area contributed by atoms with Gasteiger partial charge in [0, 0.05) is 24.2 Å². The highest BCUT2D eigenvalue weighted by atomic mass is 32.2. The van der Waals surface area contributed by atoms with E-state index in [1.165, 1.54) is 17.5 Å². The first kappa shape index (κ1) is 15.2. The normalized spacial score (nSPS) is 18.3. The number of hydrogen-bond acceptors (Lipinski definition) is 7. The first-order chi connectivity index (χ1) is 10.5. The molecule has 3 heterocycles. The molecule has 0 spiro atoms. The van der Waals surface area contributed by atoms with Gasteiger partial charge < -0.3 is 10.6 Å². The molecule has 1 fully saturated rings. The van der Waals surface area contributed by atoms with Gasteiger partial charge in [0.1, 0.15) is 10.7 Å². The molecule has 1 atom stereocenters. The van der Waals surface area contributed by atoms with Crippen LogP contribution in [0, 0.1) is 6.92 Å². The summed E-state index contributed by atoms with van der Waals surface area (Å²) >= 11 is 1.33. The van der Waals surface area contributed by atoms with Gasteiger partial charge in [0.15, 0.2) is 5.82 Å². The molecule has 2 aromatic rings. The lowest BCUT2D eigenvalue weighted by atomic mass is 10.2. The van der Waals surface area contributed by atoms with E-state index in [2.05, 4.69) is 25.3 Å². The lowest BCUT2D eigenvalue weighted by Gasteiger charge is -2.15. The molecular weight excluding hydrogens is 322 g/mol. The van der Waals surface area contributed by atoms with Crippen molar-refractivity contribution >= 4 is 33.0 Å². The molecule has 118 valence electrons. The molecule has 9 heteroatoms. The number of thiazole rings is 1. The average Bonchev–Trinajstić information content (AvgIpc) is 3.14. The van der Waals surface area contributed by atoms with Crippen LogP contribution in [-0.4, -0.2) is 37.5 Å². The lowest BCUT2D eigenvalue weighted by molar-refractivity contribution is 0.600. The van der Waals surface area contributed by atoms with Crippen LogP contribution >= 0.6 is 11.3 Å². The van der Waals surface area contributed by atoms with Crippen LogP contribution < -0.4 is 15.4 Å². The van der Waals surface area contributed by atoms with Gasteiger partial charge in [0.05, 0.1) is 5.51 Å². The molecule has 22 heavy (non-hydrogen) atoms. The Morgan fingerprint density at radius 1 is 1.41 bits per heavy atom. The van der Waals surface area contributed by atoms with E-state index in [9.17, 15) is 8.42 Å². The van der Waals surface area contributed by atoms with Crippen LogP contribution in [0.3, 0.4) is 0 Å². The lowest BCUT2D eigenvalue weighted by Crippen LogP contribution is -2.23. The van der Waals surface area contributed by atoms with E-state index in [0.29, 0.717) is 11.9 Å². The van der Waals surface area contributed by atoms with E-state index >= 15 is 0 Å². The van der Waals surface area contributed by atoms with E-state index in [0.717, 1.165) is 30.9 Å². The molecule has 1 aliphatic rings. The molecule has 0 aromatic carbocycles. The molecule has 0 bridgehead atoms. The molecule has 7 nitrogen and oxygen atoms in total. The van der Waals surface area contributed by atoms with Crippen LogP contribution in [0.25, 0.3) is 0 Å². The fourth-order valence-corrected chi connectivity index (χ4v) is 3.86. The van der Waals surface area contributed by atoms with Crippen LogP contribution in [0.4, 0.5) is 11.6 Å². The zero-order chi connectivity index (χ0) is 15.6. The quantitative estimate of drug-likeness (QED) is 0.762. The fraction of sp³-hybridized carbons (Fsp3) is 0.385. The average molecular weight is 339 g/mol. The summed E-state index contributed by atoms with van der Waals surface area (Å²) in [4.78, 5) is 8.32. The third-order valence-electron chi connectivity index (χ3n) is 3.44. The van der Waals surface area contributed by atoms with E-state index in [1.54, 1.807) is 17.0 Å². The van der Waals surface area contributed by atoms with Gasteiger partial charge in [0.2, 0.25) is 0 Å². The Hall–Kier alpha value is -1.71. The van der Waals surface area contributed by atoms with E-state index in [1.807, 2.05) is 6.92 Å². The Bertz CT molecular complexity index is 740. The Morgan fingerprint density at radius 2 is 2.27 bits per heavy atom. The zero-order valence-electron chi connectivity index (χ0n) is 12.0. The maximum atomic E-state index is 12.3. The van der Waals surface area contributed by atoms with Crippen LogP contribution in [0.15, 0.2) is 28.0 Å². The summed E-state index contributed by atoms with van der Waals surface area (Å²) in [7, 11) is -3.66. The minimum Gasteiger partial charge on any atom is -0.366 e. The molecule has 0 saturated carbocycles. The van der Waals surface area contributed by atoms with Crippen LogP contribution in [0.5, 0.6) is 0 Å². The van der Waals surface area contributed by atoms with Crippen molar-refractivity contribution in [3.05, 3.63) is 28.7 Å². The van der Waals surface area contributed by atoms with Crippen LogP contribution in [0.1, 0.15) is 12.0 Å². The molecule has 0 amide bonds. The number of aryl methyl sites for hydroxylation is 1. The predicted molar refractivity (Wildman–Crippen MR) is 86.8 cm³/mol. The van der Waals surface area contributed by atoms with Gasteiger partial charge in [0.25, 0.3) is 10.0 Å². The summed E-state index contributed by atoms with van der Waals surface area (Å²) in [5, 5.41) is 8.24. The molecule has 0 aliphatic carbocycles. The van der Waals surface area contributed by atoms with Crippen molar-refractivity contribution in [2.45, 2.75) is 24.3 Å². The maximum Gasteiger partial charge on any atom is 0.264 e. The molecule has 1 saturated heterocycles. The molecule has 3 N–H and O–H groups in total. The number of nitrogens with one attached hydrogen (secondary N) is 3. The van der Waals surface area contributed by atoms with Crippen molar-refractivity contribution in [2.75, 3.05) is 23.1 Å². The molecule has 2 aromatic heterocycles. The second-order valence-electron chi connectivity index (χ2n) is 5.15. The number of nitrogens with zero attached hydrogens (tertiary/aromatic N) is 2. The first-order valence-corrected chi connectivity index (χ1v) is 9.32. The van der Waals surface area contributed by atoms with Crippen LogP contribution in [-0.2, 0) is 10.0 Å². The number of anilines is 2. The standard InChI is InChI=1S/C13H17N5O2S2/c1-9-4-11(22(19,20)18-12-7-21-8-16-12)6-15-13(9)17-10-2-3-14-5-10/h4,6-8,10,14,18H,2-3,5H2,1H3,(H,15,17). The molecule has 0 radical (unpaired) electrons. The molecule has 1 aliphatic heterocycles. The fourth-order valence-electron chi connectivity index (χ4n) is 2.28. The highest BCUT2D eigenvalue weighted by Gasteiger charge is 2.19. The number of hydrogen-bond donors (Lipinski definition) is 3. The van der Waals surface area contributed by atoms with Crippen molar-refractivity contribution in [2.24, 2.45) is 0 Å². The van der Waals surface area contributed by atoms with Gasteiger partial charge in [-0.15, -0.1) is 11.3 Å². The van der Waals surface area contributed by atoms with Crippen molar-refractivity contribution in [3.8, 4) is 0 Å². The Labute approximate surface area is 133 Å². The number of sulfonamides is 1. The van der Waals surface area contributed by atoms with Gasteiger partial charge in [-0.2, -0.15) is 0 Å². The first-order valence-electron chi connectivity index (χ1n) is 6.89. The Morgan fingerprint density at radius 3 is 2.91 bits per heavy atom. The van der Waals surface area contributed by atoms with Gasteiger partial charge in [-0.1, -0.05) is 0 Å². The predicted octanol–water partition coefficient (Wildman–Crippen LogP) is 1.42. The SMILES string of the molecule is Cc1cc(S(=O)(=O)Nc2cscn2)cnc1NC1CCNC1. The van der Waals surface area contributed by atoms with Crippen LogP contribution in [0.2, 0.25) is 0 Å². The second kappa shape index (κ2) is 6.19. The van der Waals surface area contributed by atoms with E-state index in [4.69, 9.17) is 0 Å². The van der Waals surface area contributed by atoms with E-state index < -0.39 is 10.0 Å². The van der Waals surface area contributed by atoms with Gasteiger partial charge in [-0.25, -0.2) is 18.4 Å². The highest BCUT2D eigenvalue weighted by Crippen LogP contribution is 2.20. The summed E-state index contributed by atoms with van der Waals surface area (Å²) in [6.07, 6.45) is 2.40. The summed E-state index contributed by atoms with van der Waals surface area (Å²) in [6, 6.07) is 1.95. The van der Waals surface area contributed by atoms with Crippen molar-refractivity contribution in [1.82, 2.24) is 15.3 Å². The summed E-state index contributed by atoms with van der Waals surface area (Å²) < 4.78 is 27.0. The van der Waals surface area contributed by atoms with Gasteiger partial charge in [-0.05, 0) is 31.5 Å². The van der Waals surface area contributed by atoms with Crippen molar-refractivity contribution in [1.29, 1.82) is 0 Å².